The van der Waals surface area contributed by atoms with Crippen LogP contribution in [0.2, 0.25) is 0 Å². The predicted octanol–water partition coefficient (Wildman–Crippen LogP) is 5.11. The number of carbonyl (C=O) groups is 4. The number of benzene rings is 2. The Kier molecular flexibility index (Phi) is 12.2. The Morgan fingerprint density at radius 3 is 2.21 bits per heavy atom. The highest BCUT2D eigenvalue weighted by Crippen LogP contribution is 2.22. The molecule has 0 aromatic heterocycles. The number of carboxylic acid groups (broad SMARTS) is 1. The van der Waals surface area contributed by atoms with Crippen LogP contribution in [0.3, 0.4) is 0 Å². The van der Waals surface area contributed by atoms with Crippen LogP contribution in [-0.2, 0) is 20.8 Å². The number of rotatable bonds is 13. The first-order valence-corrected chi connectivity index (χ1v) is 15.4. The molecule has 1 fully saturated rings. The Labute approximate surface area is 256 Å². The van der Waals surface area contributed by atoms with Crippen molar-refractivity contribution in [1.29, 1.82) is 0 Å². The number of likely N-dealkylation sites (N-methyl/N-ethyl adjacent to an activating group) is 1. The molecule has 1 heterocycles. The number of piperidine rings is 1. The highest BCUT2D eigenvalue weighted by Gasteiger charge is 2.35. The lowest BCUT2D eigenvalue weighted by Crippen LogP contribution is -2.58. The quantitative estimate of drug-likeness (QED) is 0.248. The summed E-state index contributed by atoms with van der Waals surface area (Å²) < 4.78 is 0. The number of hydrogen-bond donors (Lipinski definition) is 2. The molecule has 43 heavy (non-hydrogen) atoms. The highest BCUT2D eigenvalue weighted by molar-refractivity contribution is 6.09. The Morgan fingerprint density at radius 2 is 1.63 bits per heavy atom. The summed E-state index contributed by atoms with van der Waals surface area (Å²) in [7, 11) is 1.66. The maximum atomic E-state index is 14.1. The molecule has 0 bridgehead atoms. The van der Waals surface area contributed by atoms with Gasteiger partial charge in [-0.3, -0.25) is 19.3 Å². The summed E-state index contributed by atoms with van der Waals surface area (Å²) in [4.78, 5) is 56.1. The van der Waals surface area contributed by atoms with Crippen LogP contribution < -0.4 is 5.32 Å². The minimum atomic E-state index is -1.04. The number of aliphatic carboxylic acids is 1. The molecule has 8 heteroatoms. The van der Waals surface area contributed by atoms with Gasteiger partial charge in [0.25, 0.3) is 0 Å². The number of ketones is 1. The zero-order valence-corrected chi connectivity index (χ0v) is 26.4. The van der Waals surface area contributed by atoms with E-state index in [9.17, 15) is 24.3 Å². The average Bonchev–Trinajstić information content (AvgIpc) is 3.02. The van der Waals surface area contributed by atoms with Gasteiger partial charge in [-0.05, 0) is 51.1 Å². The summed E-state index contributed by atoms with van der Waals surface area (Å²) in [6.45, 7) is 10.5. The Bertz CT molecular complexity index is 1290. The zero-order chi connectivity index (χ0) is 31.7. The second kappa shape index (κ2) is 15.6. The fourth-order valence-corrected chi connectivity index (χ4v) is 5.72. The van der Waals surface area contributed by atoms with Gasteiger partial charge in [0.1, 0.15) is 6.04 Å². The van der Waals surface area contributed by atoms with Crippen LogP contribution in [0.25, 0.3) is 0 Å². The molecule has 232 valence electrons. The smallest absolute Gasteiger partial charge is 0.331 e. The summed E-state index contributed by atoms with van der Waals surface area (Å²) in [5.74, 6) is -1.64. The van der Waals surface area contributed by atoms with E-state index >= 15 is 0 Å². The first-order chi connectivity index (χ1) is 20.4. The standard InChI is InChI=1S/C35H47N3O5/c1-7-25(5)38-20-12-11-15-30(38)33(40)36-29(34(41)37(6)31(23(2)3)21-24(4)35(42)43)22-26-16-18-28(19-17-26)32(39)27-13-9-8-10-14-27/h8-10,13-14,16-19,21,23,25,29-31H,7,11-12,15,20,22H2,1-6H3,(H,36,40)(H,42,43)/b24-21+/t25?,29-,30?,31+/m0/s1. The third kappa shape index (κ3) is 8.86. The molecule has 1 saturated heterocycles. The van der Waals surface area contributed by atoms with Gasteiger partial charge in [-0.1, -0.05) is 87.9 Å². The largest absolute Gasteiger partial charge is 0.478 e. The zero-order valence-electron chi connectivity index (χ0n) is 26.4. The SMILES string of the molecule is CCC(C)N1CCCCC1C(=O)N[C@@H](Cc1ccc(C(=O)c2ccccc2)cc1)C(=O)N(C)[C@H](/C=C(\C)C(=O)O)C(C)C. The molecule has 2 aromatic rings. The third-order valence-electron chi connectivity index (χ3n) is 8.55. The normalized spacial score (nSPS) is 18.0. The Balaban J connectivity index is 1.90. The lowest BCUT2D eigenvalue weighted by atomic mass is 9.95. The first kappa shape index (κ1) is 33.7. The van der Waals surface area contributed by atoms with Crippen LogP contribution in [0.1, 0.15) is 81.8 Å². The number of nitrogens with zero attached hydrogens (tertiary/aromatic N) is 2. The molecule has 2 aromatic carbocycles. The molecule has 2 amide bonds. The van der Waals surface area contributed by atoms with Crippen LogP contribution >= 0.6 is 0 Å². The van der Waals surface area contributed by atoms with Crippen molar-refractivity contribution in [2.24, 2.45) is 5.92 Å². The van der Waals surface area contributed by atoms with E-state index in [-0.39, 0.29) is 47.6 Å². The van der Waals surface area contributed by atoms with Crippen LogP contribution in [0.4, 0.5) is 0 Å². The van der Waals surface area contributed by atoms with Gasteiger partial charge in [-0.2, -0.15) is 0 Å². The van der Waals surface area contributed by atoms with Crippen molar-refractivity contribution < 1.29 is 24.3 Å². The summed E-state index contributed by atoms with van der Waals surface area (Å²) in [5, 5.41) is 12.5. The van der Waals surface area contributed by atoms with Crippen LogP contribution in [0.15, 0.2) is 66.2 Å². The van der Waals surface area contributed by atoms with Gasteiger partial charge >= 0.3 is 5.97 Å². The minimum Gasteiger partial charge on any atom is -0.478 e. The van der Waals surface area contributed by atoms with E-state index in [1.54, 1.807) is 42.3 Å². The summed E-state index contributed by atoms with van der Waals surface area (Å²) >= 11 is 0. The predicted molar refractivity (Wildman–Crippen MR) is 169 cm³/mol. The Hall–Kier alpha value is -3.78. The van der Waals surface area contributed by atoms with Crippen molar-refractivity contribution >= 4 is 23.6 Å². The van der Waals surface area contributed by atoms with E-state index in [0.29, 0.717) is 11.1 Å². The summed E-state index contributed by atoms with van der Waals surface area (Å²) in [6.07, 6.45) is 5.48. The number of carbonyl (C=O) groups excluding carboxylic acids is 3. The second-order valence-corrected chi connectivity index (χ2v) is 12.0. The lowest BCUT2D eigenvalue weighted by molar-refractivity contribution is -0.139. The molecule has 0 spiro atoms. The van der Waals surface area contributed by atoms with Crippen molar-refractivity contribution in [2.75, 3.05) is 13.6 Å². The minimum absolute atomic E-state index is 0.0536. The van der Waals surface area contributed by atoms with Gasteiger partial charge < -0.3 is 15.3 Å². The van der Waals surface area contributed by atoms with E-state index < -0.39 is 18.1 Å². The van der Waals surface area contributed by atoms with Gasteiger partial charge in [0.15, 0.2) is 5.78 Å². The van der Waals surface area contributed by atoms with Crippen LogP contribution in [0, 0.1) is 5.92 Å². The summed E-state index contributed by atoms with van der Waals surface area (Å²) in [6, 6.07) is 14.8. The molecular formula is C35H47N3O5. The van der Waals surface area contributed by atoms with Crippen molar-refractivity contribution in [3.8, 4) is 0 Å². The molecule has 1 aliphatic rings. The van der Waals surface area contributed by atoms with Gasteiger partial charge in [-0.15, -0.1) is 0 Å². The molecule has 0 saturated carbocycles. The number of amides is 2. The second-order valence-electron chi connectivity index (χ2n) is 12.0. The molecule has 3 rings (SSSR count). The van der Waals surface area contributed by atoms with E-state index in [1.165, 1.54) is 6.92 Å². The van der Waals surface area contributed by atoms with E-state index in [0.717, 1.165) is 37.8 Å². The first-order valence-electron chi connectivity index (χ1n) is 15.4. The topological polar surface area (TPSA) is 107 Å². The fraction of sp³-hybridized carbons (Fsp3) is 0.486. The highest BCUT2D eigenvalue weighted by atomic mass is 16.4. The molecule has 0 radical (unpaired) electrons. The monoisotopic (exact) mass is 589 g/mol. The summed E-state index contributed by atoms with van der Waals surface area (Å²) in [5.41, 5.74) is 2.10. The van der Waals surface area contributed by atoms with Crippen molar-refractivity contribution in [2.45, 2.75) is 90.9 Å². The van der Waals surface area contributed by atoms with E-state index in [4.69, 9.17) is 0 Å². The number of hydrogen-bond acceptors (Lipinski definition) is 5. The van der Waals surface area contributed by atoms with Crippen molar-refractivity contribution in [1.82, 2.24) is 15.1 Å². The van der Waals surface area contributed by atoms with Crippen LogP contribution in [0.5, 0.6) is 0 Å². The molecule has 2 unspecified atom stereocenters. The van der Waals surface area contributed by atoms with E-state index in [1.807, 2.05) is 44.2 Å². The van der Waals surface area contributed by atoms with Crippen molar-refractivity contribution in [3.63, 3.8) is 0 Å². The number of carboxylic acids is 1. The van der Waals surface area contributed by atoms with Gasteiger partial charge in [0, 0.05) is 36.2 Å². The molecule has 8 nitrogen and oxygen atoms in total. The fourth-order valence-electron chi connectivity index (χ4n) is 5.72. The van der Waals surface area contributed by atoms with Gasteiger partial charge in [-0.25, -0.2) is 4.79 Å². The Morgan fingerprint density at radius 1 is 1.00 bits per heavy atom. The molecule has 2 N–H and O–H groups in total. The number of likely N-dealkylation sites (tertiary alicyclic amines) is 1. The number of nitrogens with one attached hydrogen (secondary N) is 1. The average molecular weight is 590 g/mol. The van der Waals surface area contributed by atoms with Crippen molar-refractivity contribution in [3.05, 3.63) is 82.9 Å². The van der Waals surface area contributed by atoms with Gasteiger partial charge in [0.2, 0.25) is 11.8 Å². The van der Waals surface area contributed by atoms with Gasteiger partial charge in [0.05, 0.1) is 12.1 Å². The molecule has 1 aliphatic heterocycles. The van der Waals surface area contributed by atoms with E-state index in [2.05, 4.69) is 24.1 Å². The molecular weight excluding hydrogens is 542 g/mol. The lowest BCUT2D eigenvalue weighted by Gasteiger charge is -2.39. The maximum Gasteiger partial charge on any atom is 0.331 e. The van der Waals surface area contributed by atoms with Crippen LogP contribution in [-0.4, -0.2) is 76.2 Å². The molecule has 4 atom stereocenters. The maximum absolute atomic E-state index is 14.1. The third-order valence-corrected chi connectivity index (χ3v) is 8.55. The molecule has 0 aliphatic carbocycles.